The largest absolute Gasteiger partial charge is 0.490 e. The quantitative estimate of drug-likeness (QED) is 0.598. The number of unbranched alkanes of at least 4 members (excludes halogenated alkanes) is 1. The smallest absolute Gasteiger partial charge is 0.335 e. The molecule has 1 aliphatic carbocycles. The maximum atomic E-state index is 14.0. The van der Waals surface area contributed by atoms with Crippen LogP contribution in [-0.2, 0) is 6.42 Å². The Hall–Kier alpha value is -1.92. The summed E-state index contributed by atoms with van der Waals surface area (Å²) in [6, 6.07) is 4.95. The molecule has 160 valence electrons. The first-order valence-corrected chi connectivity index (χ1v) is 10.6. The summed E-state index contributed by atoms with van der Waals surface area (Å²) in [5.41, 5.74) is 1.16. The summed E-state index contributed by atoms with van der Waals surface area (Å²) in [6.45, 7) is 1.98. The van der Waals surface area contributed by atoms with Gasteiger partial charge in [-0.05, 0) is 43.4 Å². The number of alkyl halides is 1. The third kappa shape index (κ3) is 5.17. The Morgan fingerprint density at radius 3 is 2.93 bits per heavy atom. The van der Waals surface area contributed by atoms with Crippen LogP contribution in [0.25, 0.3) is 0 Å². The molecule has 0 spiro atoms. The summed E-state index contributed by atoms with van der Waals surface area (Å²) in [6.07, 6.45) is 4.78. The van der Waals surface area contributed by atoms with Crippen LogP contribution in [0.5, 0.6) is 5.75 Å². The van der Waals surface area contributed by atoms with E-state index in [0.29, 0.717) is 18.6 Å². The number of hydrogen-bond acceptors (Lipinski definition) is 4. The molecule has 3 rings (SSSR count). The van der Waals surface area contributed by atoms with Crippen LogP contribution in [0.4, 0.5) is 4.39 Å². The Balaban J connectivity index is 1.73. The van der Waals surface area contributed by atoms with Crippen LogP contribution in [0.2, 0.25) is 0 Å². The molecule has 0 aromatic heterocycles. The van der Waals surface area contributed by atoms with Crippen LogP contribution in [0.15, 0.2) is 30.4 Å². The third-order valence-electron chi connectivity index (χ3n) is 6.20. The van der Waals surface area contributed by atoms with Gasteiger partial charge in [0.2, 0.25) is 0 Å². The van der Waals surface area contributed by atoms with Gasteiger partial charge in [-0.15, -0.1) is 0 Å². The number of ether oxygens (including phenoxy) is 1. The average Bonchev–Trinajstić information content (AvgIpc) is 2.96. The number of benzene rings is 1. The zero-order valence-corrected chi connectivity index (χ0v) is 16.8. The Labute approximate surface area is 171 Å². The molecule has 1 heterocycles. The van der Waals surface area contributed by atoms with Gasteiger partial charge >= 0.3 is 5.97 Å². The second kappa shape index (κ2) is 9.72. The lowest BCUT2D eigenvalue weighted by Crippen LogP contribution is -2.27. The summed E-state index contributed by atoms with van der Waals surface area (Å²) in [4.78, 5) is 11.3. The van der Waals surface area contributed by atoms with Crippen molar-refractivity contribution >= 4 is 5.97 Å². The lowest BCUT2D eigenvalue weighted by Gasteiger charge is -2.28. The van der Waals surface area contributed by atoms with E-state index in [0.717, 1.165) is 37.7 Å². The molecule has 0 bridgehead atoms. The standard InChI is InChI=1S/C23H31FO5/c1-2-3-7-18(24)19(25)11-10-16-17-6-4-5-14-8-9-15(23(27)28)12-21(14)29-22(17)13-20(16)26/h8-12,16-20,22,25-26H,2-7,13H2,1H3,(H,27,28)/b11-10+/t16-,17-,18?,19?,20-,22+/m1/s1. The summed E-state index contributed by atoms with van der Waals surface area (Å²) < 4.78 is 20.2. The molecule has 29 heavy (non-hydrogen) atoms. The molecule has 6 atom stereocenters. The van der Waals surface area contributed by atoms with Gasteiger partial charge in [-0.3, -0.25) is 0 Å². The molecule has 0 saturated heterocycles. The minimum Gasteiger partial charge on any atom is -0.490 e. The number of rotatable bonds is 7. The highest BCUT2D eigenvalue weighted by molar-refractivity contribution is 5.88. The number of fused-ring (bicyclic) bond motifs is 2. The predicted octanol–water partition coefficient (Wildman–Crippen LogP) is 3.91. The molecule has 1 aliphatic heterocycles. The first-order valence-electron chi connectivity index (χ1n) is 10.6. The molecular formula is C23H31FO5. The molecule has 6 heteroatoms. The number of aliphatic hydroxyl groups is 2. The van der Waals surface area contributed by atoms with Crippen LogP contribution in [0.3, 0.4) is 0 Å². The van der Waals surface area contributed by atoms with Crippen molar-refractivity contribution in [3.05, 3.63) is 41.5 Å². The number of hydrogen-bond donors (Lipinski definition) is 3. The van der Waals surface area contributed by atoms with Crippen molar-refractivity contribution in [2.45, 2.75) is 76.4 Å². The van der Waals surface area contributed by atoms with Gasteiger partial charge in [0.15, 0.2) is 0 Å². The van der Waals surface area contributed by atoms with E-state index < -0.39 is 24.3 Å². The maximum absolute atomic E-state index is 14.0. The number of aryl methyl sites for hydroxylation is 1. The van der Waals surface area contributed by atoms with Crippen molar-refractivity contribution in [2.75, 3.05) is 0 Å². The van der Waals surface area contributed by atoms with Gasteiger partial charge in [0, 0.05) is 18.3 Å². The SMILES string of the molecule is CCCCC(F)C(O)/C=C/[C@@H]1[C@H]2CCCc3ccc(C(=O)O)cc3O[C@H]2C[C@H]1O. The highest BCUT2D eigenvalue weighted by Gasteiger charge is 2.43. The number of aromatic carboxylic acids is 1. The topological polar surface area (TPSA) is 87.0 Å². The zero-order valence-electron chi connectivity index (χ0n) is 16.8. The van der Waals surface area contributed by atoms with Crippen LogP contribution < -0.4 is 4.74 Å². The summed E-state index contributed by atoms with van der Waals surface area (Å²) in [5, 5.41) is 29.9. The highest BCUT2D eigenvalue weighted by Crippen LogP contribution is 2.42. The second-order valence-electron chi connectivity index (χ2n) is 8.25. The average molecular weight is 406 g/mol. The number of carboxylic acids is 1. The molecular weight excluding hydrogens is 375 g/mol. The van der Waals surface area contributed by atoms with Gasteiger partial charge in [-0.25, -0.2) is 9.18 Å². The molecule has 0 amide bonds. The van der Waals surface area contributed by atoms with E-state index in [2.05, 4.69) is 0 Å². The van der Waals surface area contributed by atoms with Crippen molar-refractivity contribution < 1.29 is 29.2 Å². The van der Waals surface area contributed by atoms with Crippen molar-refractivity contribution in [3.63, 3.8) is 0 Å². The molecule has 1 aromatic rings. The number of carboxylic acid groups (broad SMARTS) is 1. The van der Waals surface area contributed by atoms with E-state index in [4.69, 9.17) is 4.74 Å². The summed E-state index contributed by atoms with van der Waals surface area (Å²) >= 11 is 0. The fourth-order valence-corrected chi connectivity index (χ4v) is 4.52. The molecule has 2 aliphatic rings. The van der Waals surface area contributed by atoms with Crippen LogP contribution in [0, 0.1) is 11.8 Å². The van der Waals surface area contributed by atoms with E-state index in [9.17, 15) is 24.5 Å². The lowest BCUT2D eigenvalue weighted by atomic mass is 9.86. The van der Waals surface area contributed by atoms with E-state index in [1.165, 1.54) is 6.08 Å². The highest BCUT2D eigenvalue weighted by atomic mass is 19.1. The van der Waals surface area contributed by atoms with Gasteiger partial charge in [0.1, 0.15) is 24.1 Å². The van der Waals surface area contributed by atoms with E-state index in [-0.39, 0.29) is 23.5 Å². The Morgan fingerprint density at radius 2 is 2.21 bits per heavy atom. The fraction of sp³-hybridized carbons (Fsp3) is 0.609. The zero-order chi connectivity index (χ0) is 21.0. The van der Waals surface area contributed by atoms with E-state index in [1.807, 2.05) is 6.92 Å². The van der Waals surface area contributed by atoms with Gasteiger partial charge < -0.3 is 20.1 Å². The van der Waals surface area contributed by atoms with Crippen molar-refractivity contribution in [3.8, 4) is 5.75 Å². The third-order valence-corrected chi connectivity index (χ3v) is 6.20. The second-order valence-corrected chi connectivity index (χ2v) is 8.25. The Bertz CT molecular complexity index is 734. The first kappa shape index (κ1) is 21.8. The molecule has 0 radical (unpaired) electrons. The van der Waals surface area contributed by atoms with Crippen LogP contribution in [0.1, 0.15) is 61.4 Å². The van der Waals surface area contributed by atoms with Gasteiger partial charge in [-0.2, -0.15) is 0 Å². The molecule has 5 nitrogen and oxygen atoms in total. The number of halogens is 1. The van der Waals surface area contributed by atoms with E-state index >= 15 is 0 Å². The molecule has 1 aromatic carbocycles. The fourth-order valence-electron chi connectivity index (χ4n) is 4.52. The number of carbonyl (C=O) groups is 1. The lowest BCUT2D eigenvalue weighted by molar-refractivity contribution is 0.0695. The predicted molar refractivity (Wildman–Crippen MR) is 108 cm³/mol. The van der Waals surface area contributed by atoms with Crippen LogP contribution in [-0.4, -0.2) is 45.8 Å². The van der Waals surface area contributed by atoms with Gasteiger partial charge in [0.25, 0.3) is 0 Å². The normalized spacial score (nSPS) is 28.7. The van der Waals surface area contributed by atoms with Crippen molar-refractivity contribution in [1.29, 1.82) is 0 Å². The van der Waals surface area contributed by atoms with Gasteiger partial charge in [-0.1, -0.05) is 38.0 Å². The van der Waals surface area contributed by atoms with E-state index in [1.54, 1.807) is 24.3 Å². The maximum Gasteiger partial charge on any atom is 0.335 e. The molecule has 2 unspecified atom stereocenters. The minimum atomic E-state index is -1.30. The Kier molecular flexibility index (Phi) is 7.30. The molecule has 1 fully saturated rings. The Morgan fingerprint density at radius 1 is 1.41 bits per heavy atom. The minimum absolute atomic E-state index is 0.0452. The van der Waals surface area contributed by atoms with Crippen molar-refractivity contribution in [2.24, 2.45) is 11.8 Å². The number of aliphatic hydroxyl groups excluding tert-OH is 2. The van der Waals surface area contributed by atoms with Crippen molar-refractivity contribution in [1.82, 2.24) is 0 Å². The molecule has 3 N–H and O–H groups in total. The monoisotopic (exact) mass is 406 g/mol. The van der Waals surface area contributed by atoms with Gasteiger partial charge in [0.05, 0.1) is 11.7 Å². The summed E-state index contributed by atoms with van der Waals surface area (Å²) in [5.74, 6) is -0.596. The molecule has 1 saturated carbocycles. The van der Waals surface area contributed by atoms with Crippen LogP contribution >= 0.6 is 0 Å². The first-order chi connectivity index (χ1) is 13.9. The summed E-state index contributed by atoms with van der Waals surface area (Å²) in [7, 11) is 0.